The lowest BCUT2D eigenvalue weighted by Crippen LogP contribution is -2.34. The highest BCUT2D eigenvalue weighted by molar-refractivity contribution is 6.22. The molecule has 0 radical (unpaired) electrons. The smallest absolute Gasteiger partial charge is 0.294 e. The number of rotatable bonds is 6. The normalized spacial score (nSPS) is 19.1. The van der Waals surface area contributed by atoms with E-state index >= 15 is 0 Å². The number of imide groups is 1. The first-order valence-electron chi connectivity index (χ1n) is 12.1. The summed E-state index contributed by atoms with van der Waals surface area (Å²) in [5.74, 6) is -0.107. The van der Waals surface area contributed by atoms with Gasteiger partial charge in [0.15, 0.2) is 11.5 Å². The van der Waals surface area contributed by atoms with Crippen molar-refractivity contribution in [3.63, 3.8) is 0 Å². The summed E-state index contributed by atoms with van der Waals surface area (Å²) < 4.78 is 10.9. The Balaban J connectivity index is 1.49. The summed E-state index contributed by atoms with van der Waals surface area (Å²) in [5, 5.41) is 12.2. The number of benzene rings is 3. The number of carbonyl (C=O) groups is 2. The third kappa shape index (κ3) is 4.16. The van der Waals surface area contributed by atoms with Crippen molar-refractivity contribution in [3.05, 3.63) is 87.5 Å². The SMILES string of the molecule is COc1cc2c(cc1OC)[C@H](C)N(c1ccc(N3C(=O)C[C@@H](c4ccccc4)C3=O)cc1[N+](=O)[O-])CC2. The second kappa shape index (κ2) is 9.57. The standard InChI is InChI=1S/C28H27N3O6/c1-17-21-15-26(37-3)25(36-2)13-19(21)11-12-29(17)23-10-9-20(14-24(23)31(34)35)30-27(32)16-22(28(30)33)18-7-5-4-6-8-18/h4-10,13-15,17,22H,11-12,16H2,1-3H3/t17-,22-/m0/s1. The largest absolute Gasteiger partial charge is 0.493 e. The lowest BCUT2D eigenvalue weighted by atomic mass is 9.92. The molecule has 1 saturated heterocycles. The molecule has 0 saturated carbocycles. The molecule has 0 aliphatic carbocycles. The molecule has 2 aliphatic heterocycles. The van der Waals surface area contributed by atoms with Gasteiger partial charge in [-0.2, -0.15) is 0 Å². The van der Waals surface area contributed by atoms with Crippen LogP contribution in [0.25, 0.3) is 0 Å². The Hall–Kier alpha value is -4.40. The van der Waals surface area contributed by atoms with Crippen LogP contribution in [0.2, 0.25) is 0 Å². The first-order chi connectivity index (χ1) is 17.8. The lowest BCUT2D eigenvalue weighted by Gasteiger charge is -2.37. The van der Waals surface area contributed by atoms with E-state index in [0.717, 1.165) is 21.6 Å². The minimum atomic E-state index is -0.599. The maximum Gasteiger partial charge on any atom is 0.294 e. The molecule has 3 aromatic carbocycles. The van der Waals surface area contributed by atoms with Crippen molar-refractivity contribution in [1.29, 1.82) is 0 Å². The number of anilines is 2. The first-order valence-corrected chi connectivity index (χ1v) is 12.1. The van der Waals surface area contributed by atoms with Crippen LogP contribution < -0.4 is 19.3 Å². The highest BCUT2D eigenvalue weighted by Crippen LogP contribution is 2.43. The molecule has 1 fully saturated rings. The minimum absolute atomic E-state index is 0.0314. The van der Waals surface area contributed by atoms with E-state index in [0.29, 0.717) is 30.2 Å². The highest BCUT2D eigenvalue weighted by Gasteiger charge is 2.41. The van der Waals surface area contributed by atoms with Gasteiger partial charge in [-0.05, 0) is 54.3 Å². The molecular formula is C28H27N3O6. The van der Waals surface area contributed by atoms with Crippen molar-refractivity contribution in [1.82, 2.24) is 0 Å². The number of nitro benzene ring substituents is 1. The van der Waals surface area contributed by atoms with Crippen LogP contribution in [0, 0.1) is 10.1 Å². The third-order valence-corrected chi connectivity index (χ3v) is 7.26. The Bertz CT molecular complexity index is 1390. The Morgan fingerprint density at radius 2 is 1.68 bits per heavy atom. The zero-order valence-electron chi connectivity index (χ0n) is 20.8. The molecule has 2 aliphatic rings. The quantitative estimate of drug-likeness (QED) is 0.272. The minimum Gasteiger partial charge on any atom is -0.493 e. The van der Waals surface area contributed by atoms with Gasteiger partial charge in [-0.1, -0.05) is 30.3 Å². The molecule has 0 unspecified atom stereocenters. The topological polar surface area (TPSA) is 102 Å². The van der Waals surface area contributed by atoms with E-state index in [1.54, 1.807) is 26.4 Å². The predicted molar refractivity (Wildman–Crippen MR) is 138 cm³/mol. The van der Waals surface area contributed by atoms with Crippen LogP contribution >= 0.6 is 0 Å². The van der Waals surface area contributed by atoms with Crippen molar-refractivity contribution in [2.24, 2.45) is 0 Å². The van der Waals surface area contributed by atoms with E-state index in [2.05, 4.69) is 0 Å². The average molecular weight is 502 g/mol. The molecule has 2 atom stereocenters. The van der Waals surface area contributed by atoms with Crippen LogP contribution in [0.3, 0.4) is 0 Å². The summed E-state index contributed by atoms with van der Waals surface area (Å²) in [4.78, 5) is 40.8. The number of nitro groups is 1. The Morgan fingerprint density at radius 3 is 2.35 bits per heavy atom. The number of carbonyl (C=O) groups excluding carboxylic acids is 2. The average Bonchev–Trinajstić information content (AvgIpc) is 3.22. The number of fused-ring (bicyclic) bond motifs is 1. The summed E-state index contributed by atoms with van der Waals surface area (Å²) in [6.45, 7) is 2.54. The van der Waals surface area contributed by atoms with Crippen molar-refractivity contribution >= 4 is 28.9 Å². The van der Waals surface area contributed by atoms with Crippen LogP contribution in [0.4, 0.5) is 17.1 Å². The van der Waals surface area contributed by atoms with E-state index in [1.165, 1.54) is 6.07 Å². The molecule has 3 aromatic rings. The summed E-state index contributed by atoms with van der Waals surface area (Å²) in [7, 11) is 3.16. The molecular weight excluding hydrogens is 474 g/mol. The van der Waals surface area contributed by atoms with Gasteiger partial charge in [-0.3, -0.25) is 19.7 Å². The Morgan fingerprint density at radius 1 is 0.973 bits per heavy atom. The van der Waals surface area contributed by atoms with Crippen molar-refractivity contribution < 1.29 is 24.0 Å². The van der Waals surface area contributed by atoms with Gasteiger partial charge in [0.25, 0.3) is 5.69 Å². The molecule has 5 rings (SSSR count). The number of ether oxygens (including phenoxy) is 2. The van der Waals surface area contributed by atoms with Gasteiger partial charge in [0.1, 0.15) is 5.69 Å². The second-order valence-corrected chi connectivity index (χ2v) is 9.19. The number of methoxy groups -OCH3 is 2. The molecule has 2 heterocycles. The summed E-state index contributed by atoms with van der Waals surface area (Å²) >= 11 is 0. The molecule has 9 nitrogen and oxygen atoms in total. The fraction of sp³-hybridized carbons (Fsp3) is 0.286. The van der Waals surface area contributed by atoms with E-state index in [1.807, 2.05) is 54.3 Å². The zero-order chi connectivity index (χ0) is 26.3. The molecule has 0 spiro atoms. The fourth-order valence-corrected chi connectivity index (χ4v) is 5.36. The van der Waals surface area contributed by atoms with E-state index in [-0.39, 0.29) is 35.7 Å². The molecule has 2 amide bonds. The lowest BCUT2D eigenvalue weighted by molar-refractivity contribution is -0.384. The third-order valence-electron chi connectivity index (χ3n) is 7.26. The molecule has 0 N–H and O–H groups in total. The maximum absolute atomic E-state index is 13.2. The number of hydrogen-bond donors (Lipinski definition) is 0. The van der Waals surface area contributed by atoms with Crippen LogP contribution in [0.1, 0.15) is 42.0 Å². The summed E-state index contributed by atoms with van der Waals surface area (Å²) in [6, 6.07) is 17.4. The van der Waals surface area contributed by atoms with Crippen molar-refractivity contribution in [3.8, 4) is 11.5 Å². The highest BCUT2D eigenvalue weighted by atomic mass is 16.6. The molecule has 9 heteroatoms. The van der Waals surface area contributed by atoms with Gasteiger partial charge >= 0.3 is 0 Å². The fourth-order valence-electron chi connectivity index (χ4n) is 5.36. The monoisotopic (exact) mass is 501 g/mol. The van der Waals surface area contributed by atoms with Gasteiger partial charge in [0.05, 0.1) is 36.8 Å². The van der Waals surface area contributed by atoms with Crippen LogP contribution in [-0.2, 0) is 16.0 Å². The summed E-state index contributed by atoms with van der Waals surface area (Å²) in [6.07, 6.45) is 0.699. The second-order valence-electron chi connectivity index (χ2n) is 9.19. The first kappa shape index (κ1) is 24.3. The van der Waals surface area contributed by atoms with Gasteiger partial charge in [-0.25, -0.2) is 4.90 Å². The molecule has 0 aromatic heterocycles. The maximum atomic E-state index is 13.2. The van der Waals surface area contributed by atoms with Crippen LogP contribution in [0.15, 0.2) is 60.7 Å². The van der Waals surface area contributed by atoms with Crippen LogP contribution in [0.5, 0.6) is 11.5 Å². The van der Waals surface area contributed by atoms with Crippen molar-refractivity contribution in [2.75, 3.05) is 30.6 Å². The summed E-state index contributed by atoms with van der Waals surface area (Å²) in [5.41, 5.74) is 3.33. The van der Waals surface area contributed by atoms with E-state index in [4.69, 9.17) is 9.47 Å². The zero-order valence-corrected chi connectivity index (χ0v) is 20.8. The number of hydrogen-bond acceptors (Lipinski definition) is 7. The van der Waals surface area contributed by atoms with Gasteiger partial charge < -0.3 is 14.4 Å². The molecule has 190 valence electrons. The van der Waals surface area contributed by atoms with Crippen molar-refractivity contribution in [2.45, 2.75) is 31.7 Å². The molecule has 0 bridgehead atoms. The van der Waals surface area contributed by atoms with Crippen LogP contribution in [-0.4, -0.2) is 37.5 Å². The van der Waals surface area contributed by atoms with Gasteiger partial charge in [0, 0.05) is 19.0 Å². The molecule has 37 heavy (non-hydrogen) atoms. The van der Waals surface area contributed by atoms with E-state index in [9.17, 15) is 19.7 Å². The predicted octanol–water partition coefficient (Wildman–Crippen LogP) is 4.78. The van der Waals surface area contributed by atoms with E-state index < -0.39 is 10.8 Å². The van der Waals surface area contributed by atoms with Gasteiger partial charge in [0.2, 0.25) is 11.8 Å². The number of nitrogens with zero attached hydrogens (tertiary/aromatic N) is 3. The Labute approximate surface area is 214 Å². The van der Waals surface area contributed by atoms with Gasteiger partial charge in [-0.15, -0.1) is 0 Å². The number of amides is 2. The Kier molecular flexibility index (Phi) is 6.29.